The number of hydrogen-bond acceptors (Lipinski definition) is 6. The third-order valence-corrected chi connectivity index (χ3v) is 8.83. The zero-order chi connectivity index (χ0) is 28.5. The molecule has 2 aliphatic heterocycles. The van der Waals surface area contributed by atoms with Crippen molar-refractivity contribution >= 4 is 46.4 Å². The summed E-state index contributed by atoms with van der Waals surface area (Å²) in [5, 5.41) is 11.8. The van der Waals surface area contributed by atoms with E-state index >= 15 is 0 Å². The van der Waals surface area contributed by atoms with Crippen LogP contribution >= 0.6 is 11.6 Å². The highest BCUT2D eigenvalue weighted by atomic mass is 35.5. The molecule has 1 spiro atoms. The van der Waals surface area contributed by atoms with Crippen molar-refractivity contribution in [2.75, 3.05) is 4.90 Å². The van der Waals surface area contributed by atoms with Gasteiger partial charge in [-0.25, -0.2) is 0 Å². The molecule has 1 fully saturated rings. The van der Waals surface area contributed by atoms with Crippen molar-refractivity contribution in [3.8, 4) is 0 Å². The Balaban J connectivity index is 1.52. The number of rotatable bonds is 4. The van der Waals surface area contributed by atoms with E-state index in [9.17, 15) is 24.5 Å². The van der Waals surface area contributed by atoms with Gasteiger partial charge in [-0.1, -0.05) is 78.4 Å². The second kappa shape index (κ2) is 9.08. The Morgan fingerprint density at radius 1 is 0.829 bits per heavy atom. The minimum atomic E-state index is -1.62. The van der Waals surface area contributed by atoms with Crippen LogP contribution in [0.2, 0.25) is 5.02 Å². The molecule has 7 rings (SSSR count). The maximum Gasteiger partial charge on any atom is 0.269 e. The molecule has 0 aromatic heterocycles. The Kier molecular flexibility index (Phi) is 5.56. The van der Waals surface area contributed by atoms with Gasteiger partial charge in [0.25, 0.3) is 5.69 Å². The molecule has 0 bridgehead atoms. The van der Waals surface area contributed by atoms with Crippen LogP contribution in [0.3, 0.4) is 0 Å². The predicted octanol–water partition coefficient (Wildman–Crippen LogP) is 6.56. The average molecular weight is 561 g/mol. The summed E-state index contributed by atoms with van der Waals surface area (Å²) in [6.45, 7) is 0. The van der Waals surface area contributed by atoms with E-state index in [1.165, 1.54) is 24.3 Å². The number of nitrogens with zero attached hydrogens (tertiary/aromatic N) is 2. The van der Waals surface area contributed by atoms with Crippen LogP contribution in [0.25, 0.3) is 6.08 Å². The van der Waals surface area contributed by atoms with Crippen molar-refractivity contribution in [1.82, 2.24) is 0 Å². The lowest BCUT2D eigenvalue weighted by Gasteiger charge is -2.37. The average Bonchev–Trinajstić information content (AvgIpc) is 3.43. The molecule has 0 radical (unpaired) electrons. The Morgan fingerprint density at radius 3 is 2.07 bits per heavy atom. The Hall–Kier alpha value is -4.88. The van der Waals surface area contributed by atoms with E-state index in [-0.39, 0.29) is 28.6 Å². The largest absolute Gasteiger partial charge is 0.352 e. The number of ketones is 3. The van der Waals surface area contributed by atoms with Crippen molar-refractivity contribution in [3.63, 3.8) is 0 Å². The molecule has 3 atom stereocenters. The molecule has 1 saturated heterocycles. The summed E-state index contributed by atoms with van der Waals surface area (Å²) in [5.41, 5.74) is 1.38. The Labute approximate surface area is 239 Å². The van der Waals surface area contributed by atoms with Gasteiger partial charge in [-0.3, -0.25) is 24.5 Å². The van der Waals surface area contributed by atoms with Crippen LogP contribution in [-0.2, 0) is 0 Å². The molecule has 1 aliphatic carbocycles. The van der Waals surface area contributed by atoms with E-state index < -0.39 is 28.3 Å². The number of nitro groups is 1. The highest BCUT2D eigenvalue weighted by Gasteiger charge is 2.71. The highest BCUT2D eigenvalue weighted by molar-refractivity contribution is 6.32. The fraction of sp³-hybridized carbons (Fsp3) is 0.121. The van der Waals surface area contributed by atoms with Crippen LogP contribution in [0.5, 0.6) is 0 Å². The van der Waals surface area contributed by atoms with Crippen molar-refractivity contribution in [1.29, 1.82) is 0 Å². The summed E-state index contributed by atoms with van der Waals surface area (Å²) in [5.74, 6) is -1.87. The smallest absolute Gasteiger partial charge is 0.269 e. The highest BCUT2D eigenvalue weighted by Crippen LogP contribution is 2.61. The van der Waals surface area contributed by atoms with E-state index in [1.54, 1.807) is 48.5 Å². The van der Waals surface area contributed by atoms with Gasteiger partial charge < -0.3 is 4.90 Å². The maximum atomic E-state index is 14.6. The number of carbonyl (C=O) groups is 3. The van der Waals surface area contributed by atoms with Gasteiger partial charge in [0.15, 0.2) is 17.3 Å². The third-order valence-electron chi connectivity index (χ3n) is 8.57. The lowest BCUT2D eigenvalue weighted by Crippen LogP contribution is -2.48. The number of carbonyl (C=O) groups excluding carboxylic acids is 3. The van der Waals surface area contributed by atoms with E-state index in [4.69, 9.17) is 11.6 Å². The number of Topliss-reactive ketones (excluding diaryl/α,β-unsaturated/α-hetero) is 3. The van der Waals surface area contributed by atoms with E-state index in [0.717, 1.165) is 11.3 Å². The lowest BCUT2D eigenvalue weighted by molar-refractivity contribution is -0.384. The normalized spacial score (nSPS) is 21.5. The first-order valence-electron chi connectivity index (χ1n) is 13.1. The summed E-state index contributed by atoms with van der Waals surface area (Å²) in [6, 6.07) is 25.0. The number of nitro benzene ring substituents is 1. The van der Waals surface area contributed by atoms with Gasteiger partial charge in [0.05, 0.1) is 11.0 Å². The minimum absolute atomic E-state index is 0.139. The second-order valence-electron chi connectivity index (χ2n) is 10.5. The molecule has 41 heavy (non-hydrogen) atoms. The summed E-state index contributed by atoms with van der Waals surface area (Å²) in [4.78, 5) is 56.4. The van der Waals surface area contributed by atoms with Gasteiger partial charge in [0.2, 0.25) is 0 Å². The Morgan fingerprint density at radius 2 is 1.44 bits per heavy atom. The number of non-ortho nitro benzene ring substituents is 1. The van der Waals surface area contributed by atoms with Crippen molar-refractivity contribution < 1.29 is 19.3 Å². The number of anilines is 1. The minimum Gasteiger partial charge on any atom is -0.352 e. The number of fused-ring (bicyclic) bond motifs is 5. The third kappa shape index (κ3) is 3.42. The summed E-state index contributed by atoms with van der Waals surface area (Å²) < 4.78 is 0. The lowest BCUT2D eigenvalue weighted by atomic mass is 9.64. The molecule has 0 unspecified atom stereocenters. The first-order valence-corrected chi connectivity index (χ1v) is 13.5. The zero-order valence-electron chi connectivity index (χ0n) is 21.4. The molecule has 3 aliphatic rings. The SMILES string of the molecule is O=C(c1ccc([N+](=O)[O-])cc1)[C@H]1[C@H](c2ccc(Cl)cc2)C2(C(=O)c3ccccc3C2=O)[C@H]2C=Cc3ccccc3N12. The van der Waals surface area contributed by atoms with Crippen molar-refractivity contribution in [2.24, 2.45) is 5.41 Å². The number of para-hydroxylation sites is 1. The summed E-state index contributed by atoms with van der Waals surface area (Å²) in [6.07, 6.45) is 3.76. The molecular weight excluding hydrogens is 540 g/mol. The fourth-order valence-corrected chi connectivity index (χ4v) is 7.00. The molecule has 4 aromatic carbocycles. The summed E-state index contributed by atoms with van der Waals surface area (Å²) >= 11 is 6.25. The zero-order valence-corrected chi connectivity index (χ0v) is 22.2. The Bertz CT molecular complexity index is 1780. The summed E-state index contributed by atoms with van der Waals surface area (Å²) in [7, 11) is 0. The predicted molar refractivity (Wildman–Crippen MR) is 155 cm³/mol. The molecule has 7 nitrogen and oxygen atoms in total. The number of hydrogen-bond donors (Lipinski definition) is 0. The first-order chi connectivity index (χ1) is 19.8. The van der Waals surface area contributed by atoms with Crippen LogP contribution in [0.15, 0.2) is 103 Å². The van der Waals surface area contributed by atoms with Crippen LogP contribution in [0.1, 0.15) is 48.1 Å². The van der Waals surface area contributed by atoms with Gasteiger partial charge >= 0.3 is 0 Å². The fourth-order valence-electron chi connectivity index (χ4n) is 6.88. The molecule has 2 heterocycles. The standard InChI is InChI=1S/C33H21ClN2O5/c34-22-14-9-20(10-15-22)28-29(30(37)21-11-16-23(17-12-21)36(40)41)35-26-8-4-1-5-19(26)13-18-27(35)33(28)31(38)24-6-2-3-7-25(24)32(33)39/h1-18,27-29H/t27-,28+,29-/m1/s1. The van der Waals surface area contributed by atoms with E-state index in [0.29, 0.717) is 21.7 Å². The van der Waals surface area contributed by atoms with Crippen LogP contribution in [0, 0.1) is 15.5 Å². The van der Waals surface area contributed by atoms with Crippen molar-refractivity contribution in [2.45, 2.75) is 18.0 Å². The van der Waals surface area contributed by atoms with Gasteiger partial charge in [0, 0.05) is 45.5 Å². The van der Waals surface area contributed by atoms with E-state index in [2.05, 4.69) is 0 Å². The van der Waals surface area contributed by atoms with Crippen LogP contribution in [0.4, 0.5) is 11.4 Å². The van der Waals surface area contributed by atoms with Gasteiger partial charge in [-0.05, 0) is 41.5 Å². The van der Waals surface area contributed by atoms with E-state index in [1.807, 2.05) is 41.3 Å². The monoisotopic (exact) mass is 560 g/mol. The van der Waals surface area contributed by atoms with Gasteiger partial charge in [-0.15, -0.1) is 0 Å². The topological polar surface area (TPSA) is 97.6 Å². The van der Waals surface area contributed by atoms with Crippen molar-refractivity contribution in [3.05, 3.63) is 146 Å². The molecule has 8 heteroatoms. The molecule has 0 amide bonds. The van der Waals surface area contributed by atoms with Gasteiger partial charge in [0.1, 0.15) is 11.5 Å². The molecule has 0 saturated carbocycles. The number of halogens is 1. The molecule has 0 N–H and O–H groups in total. The molecule has 4 aromatic rings. The van der Waals surface area contributed by atoms with Crippen LogP contribution in [-0.4, -0.2) is 34.4 Å². The number of benzene rings is 4. The molecular formula is C33H21ClN2O5. The van der Waals surface area contributed by atoms with Gasteiger partial charge in [-0.2, -0.15) is 0 Å². The molecule has 200 valence electrons. The van der Waals surface area contributed by atoms with Crippen LogP contribution < -0.4 is 4.90 Å². The quantitative estimate of drug-likeness (QED) is 0.121. The second-order valence-corrected chi connectivity index (χ2v) is 10.9. The maximum absolute atomic E-state index is 14.6. The first kappa shape index (κ1) is 25.1.